The van der Waals surface area contributed by atoms with Crippen LogP contribution in [-0.4, -0.2) is 0 Å². The first-order valence-corrected chi connectivity index (χ1v) is 25.9. The monoisotopic (exact) mass is 896 g/mol. The number of hydrogen-bond acceptors (Lipinski definition) is 0. The van der Waals surface area contributed by atoms with Crippen LogP contribution in [0.3, 0.4) is 0 Å². The summed E-state index contributed by atoms with van der Waals surface area (Å²) in [5.74, 6) is 0. The summed E-state index contributed by atoms with van der Waals surface area (Å²) in [6, 6.07) is 57.4. The van der Waals surface area contributed by atoms with Crippen LogP contribution >= 0.6 is 0 Å². The van der Waals surface area contributed by atoms with Crippen LogP contribution in [0.2, 0.25) is 0 Å². The fourth-order valence-corrected chi connectivity index (χ4v) is 13.9. The number of benzene rings is 12. The Labute approximate surface area is 410 Å². The molecule has 0 heterocycles. The van der Waals surface area contributed by atoms with E-state index in [1.807, 2.05) is 0 Å². The van der Waals surface area contributed by atoms with Crippen LogP contribution in [0.1, 0.15) is 72.2 Å². The van der Waals surface area contributed by atoms with Crippen molar-refractivity contribution in [3.05, 3.63) is 190 Å². The topological polar surface area (TPSA) is 0 Å². The van der Waals surface area contributed by atoms with Gasteiger partial charge < -0.3 is 0 Å². The Morgan fingerprint density at radius 2 is 0.486 bits per heavy atom. The van der Waals surface area contributed by atoms with Crippen molar-refractivity contribution in [3.8, 4) is 44.5 Å². The summed E-state index contributed by atoms with van der Waals surface area (Å²) >= 11 is 0. The molecule has 0 aliphatic heterocycles. The fourth-order valence-electron chi connectivity index (χ4n) is 13.9. The number of fused-ring (bicyclic) bond motifs is 7. The molecule has 0 amide bonds. The van der Waals surface area contributed by atoms with Gasteiger partial charge in [-0.25, -0.2) is 0 Å². The summed E-state index contributed by atoms with van der Waals surface area (Å²) in [5.41, 5.74) is 21.8. The molecule has 14 aromatic rings. The summed E-state index contributed by atoms with van der Waals surface area (Å²) in [6.45, 7) is 18.3. The summed E-state index contributed by atoms with van der Waals surface area (Å²) in [6.07, 6.45) is 3.78. The predicted octanol–water partition coefficient (Wildman–Crippen LogP) is 20.0. The van der Waals surface area contributed by atoms with Crippen molar-refractivity contribution < 1.29 is 0 Å². The molecular formula is C70H56. The quantitative estimate of drug-likeness (QED) is 0.105. The van der Waals surface area contributed by atoms with Crippen LogP contribution in [0.5, 0.6) is 0 Å². The van der Waals surface area contributed by atoms with Gasteiger partial charge in [-0.1, -0.05) is 183 Å². The smallest absolute Gasteiger partial charge is 0.000762 e. The molecule has 14 aromatic carbocycles. The third kappa shape index (κ3) is 5.37. The highest BCUT2D eigenvalue weighted by molar-refractivity contribution is 6.51. The molecular weight excluding hydrogens is 841 g/mol. The van der Waals surface area contributed by atoms with Crippen molar-refractivity contribution in [2.45, 2.75) is 81.1 Å². The maximum absolute atomic E-state index is 2.59. The van der Waals surface area contributed by atoms with Crippen LogP contribution in [0.4, 0.5) is 0 Å². The Morgan fingerprint density at radius 1 is 0.229 bits per heavy atom. The van der Waals surface area contributed by atoms with Gasteiger partial charge in [0.1, 0.15) is 0 Å². The molecule has 70 heavy (non-hydrogen) atoms. The molecule has 0 unspecified atom stereocenters. The van der Waals surface area contributed by atoms with Gasteiger partial charge in [-0.05, 0) is 229 Å². The van der Waals surface area contributed by atoms with Crippen LogP contribution in [0.25, 0.3) is 141 Å². The van der Waals surface area contributed by atoms with Crippen molar-refractivity contribution >= 4 is 97.0 Å². The van der Waals surface area contributed by atoms with Crippen molar-refractivity contribution in [3.63, 3.8) is 0 Å². The zero-order valence-corrected chi connectivity index (χ0v) is 41.7. The van der Waals surface area contributed by atoms with E-state index in [1.165, 1.54) is 186 Å². The molecule has 0 N–H and O–H groups in total. The minimum Gasteiger partial charge on any atom is -0.0612 e. The highest BCUT2D eigenvalue weighted by Crippen LogP contribution is 2.58. The average molecular weight is 897 g/mol. The van der Waals surface area contributed by atoms with Gasteiger partial charge in [-0.2, -0.15) is 0 Å². The molecule has 0 aliphatic rings. The van der Waals surface area contributed by atoms with Crippen LogP contribution in [-0.2, 0) is 25.7 Å². The minimum atomic E-state index is 0.943. The normalized spacial score (nSPS) is 12.5. The maximum Gasteiger partial charge on any atom is -0.000762 e. The zero-order chi connectivity index (χ0) is 47.4. The first-order valence-electron chi connectivity index (χ1n) is 25.9. The molecule has 0 heteroatoms. The van der Waals surface area contributed by atoms with Crippen molar-refractivity contribution in [1.82, 2.24) is 0 Å². The van der Waals surface area contributed by atoms with Gasteiger partial charge >= 0.3 is 0 Å². The van der Waals surface area contributed by atoms with Gasteiger partial charge in [0, 0.05) is 0 Å². The van der Waals surface area contributed by atoms with Crippen LogP contribution in [0, 0.1) is 27.7 Å². The molecule has 0 fully saturated rings. The second-order valence-electron chi connectivity index (χ2n) is 20.7. The van der Waals surface area contributed by atoms with E-state index in [2.05, 4.69) is 201 Å². The molecule has 0 saturated carbocycles. The fraction of sp³-hybridized carbons (Fsp3) is 0.171. The molecule has 336 valence electrons. The highest BCUT2D eigenvalue weighted by Gasteiger charge is 2.31. The van der Waals surface area contributed by atoms with E-state index < -0.39 is 0 Å². The van der Waals surface area contributed by atoms with E-state index in [0.717, 1.165) is 25.7 Å². The molecule has 0 spiro atoms. The zero-order valence-electron chi connectivity index (χ0n) is 41.7. The van der Waals surface area contributed by atoms with Crippen molar-refractivity contribution in [2.24, 2.45) is 0 Å². The van der Waals surface area contributed by atoms with E-state index in [1.54, 1.807) is 0 Å². The third-order valence-electron chi connectivity index (χ3n) is 16.9. The van der Waals surface area contributed by atoms with E-state index >= 15 is 0 Å². The molecule has 0 bridgehead atoms. The van der Waals surface area contributed by atoms with Gasteiger partial charge in [0.05, 0.1) is 0 Å². The lowest BCUT2D eigenvalue weighted by atomic mass is 9.81. The molecule has 0 aromatic heterocycles. The Hall–Kier alpha value is -7.54. The lowest BCUT2D eigenvalue weighted by Gasteiger charge is -2.22. The van der Waals surface area contributed by atoms with E-state index in [4.69, 9.17) is 0 Å². The summed E-state index contributed by atoms with van der Waals surface area (Å²) in [5, 5.41) is 25.4. The molecule has 0 aliphatic carbocycles. The largest absolute Gasteiger partial charge is 0.0612 e. The Kier molecular flexibility index (Phi) is 8.87. The first kappa shape index (κ1) is 41.4. The highest BCUT2D eigenvalue weighted by atomic mass is 14.3. The second-order valence-corrected chi connectivity index (χ2v) is 20.7. The standard InChI is InChI=1S/C70H56/c1-9-47-57(41-21-13-37(5)14-22-41)59(43-25-17-39(7)18-26-43)49(11-3)65-55-35-45-29-30-46-36-56-66-50(12-4)60(44-27-19-40(8)20-28-44)58(42-23-15-38(6)16-24-42)48(10-2)64(66)54-34-32-52-51-31-33-53(63(47)65)67(55)69(51)61(45)62(46)70(52)68(54)56/h13-36H,9-12H2,1-8H3. The minimum absolute atomic E-state index is 0.943. The number of hydrogen-bond donors (Lipinski definition) is 0. The first-order chi connectivity index (χ1) is 34.2. The number of rotatable bonds is 8. The van der Waals surface area contributed by atoms with Crippen LogP contribution in [0.15, 0.2) is 146 Å². The third-order valence-corrected chi connectivity index (χ3v) is 16.9. The Balaban J connectivity index is 1.16. The SMILES string of the molecule is CCc1c(-c2ccc(C)cc2)c(-c2ccc(C)cc2)c(CC)c2c3cc4ccc5cc6c7c(CC)c(-c8ccc(C)cc8)c(-c8ccc(C)cc8)c(CC)c7c7ccc8c9ccc(c12)c3c9c4c5c8c76. The van der Waals surface area contributed by atoms with Gasteiger partial charge in [-0.3, -0.25) is 0 Å². The van der Waals surface area contributed by atoms with Crippen molar-refractivity contribution in [2.75, 3.05) is 0 Å². The van der Waals surface area contributed by atoms with Gasteiger partial charge in [-0.15, -0.1) is 0 Å². The molecule has 0 nitrogen and oxygen atoms in total. The van der Waals surface area contributed by atoms with Gasteiger partial charge in [0.2, 0.25) is 0 Å². The van der Waals surface area contributed by atoms with Crippen LogP contribution < -0.4 is 0 Å². The summed E-state index contributed by atoms with van der Waals surface area (Å²) < 4.78 is 0. The molecule has 14 rings (SSSR count). The summed E-state index contributed by atoms with van der Waals surface area (Å²) in [4.78, 5) is 0. The lowest BCUT2D eigenvalue weighted by molar-refractivity contribution is 1.14. The Morgan fingerprint density at radius 3 is 0.757 bits per heavy atom. The average Bonchev–Trinajstić information content (AvgIpc) is 3.90. The van der Waals surface area contributed by atoms with E-state index in [-0.39, 0.29) is 0 Å². The van der Waals surface area contributed by atoms with E-state index in [9.17, 15) is 0 Å². The molecule has 0 radical (unpaired) electrons. The molecule has 0 atom stereocenters. The summed E-state index contributed by atoms with van der Waals surface area (Å²) in [7, 11) is 0. The molecule has 0 saturated heterocycles. The second kappa shape index (κ2) is 15.0. The van der Waals surface area contributed by atoms with Crippen molar-refractivity contribution in [1.29, 1.82) is 0 Å². The lowest BCUT2D eigenvalue weighted by Crippen LogP contribution is -2.00. The van der Waals surface area contributed by atoms with Gasteiger partial charge in [0.25, 0.3) is 0 Å². The Bertz CT molecular complexity index is 4120. The maximum atomic E-state index is 2.59. The van der Waals surface area contributed by atoms with E-state index in [0.29, 0.717) is 0 Å². The predicted molar refractivity (Wildman–Crippen MR) is 307 cm³/mol. The van der Waals surface area contributed by atoms with Gasteiger partial charge in [0.15, 0.2) is 0 Å². The number of aryl methyl sites for hydroxylation is 8.